The van der Waals surface area contributed by atoms with Crippen LogP contribution in [0.25, 0.3) is 10.9 Å². The Labute approximate surface area is 210 Å². The first-order valence-electron chi connectivity index (χ1n) is 13.2. The minimum Gasteiger partial charge on any atom is -0.356 e. The van der Waals surface area contributed by atoms with Gasteiger partial charge in [0.1, 0.15) is 0 Å². The third-order valence-corrected chi connectivity index (χ3v) is 8.30. The van der Waals surface area contributed by atoms with Gasteiger partial charge < -0.3 is 15.2 Å². The Morgan fingerprint density at radius 2 is 1.67 bits per heavy atom. The number of carbonyl (C=O) groups excluding carboxylic acids is 3. The second-order valence-corrected chi connectivity index (χ2v) is 10.5. The number of amides is 4. The predicted octanol–water partition coefficient (Wildman–Crippen LogP) is 5.25. The maximum Gasteiger partial charge on any atom is 0.332 e. The number of carbonyl (C=O) groups is 3. The Morgan fingerprint density at radius 1 is 0.972 bits per heavy atom. The van der Waals surface area contributed by atoms with Crippen LogP contribution >= 0.6 is 0 Å². The molecule has 1 aliphatic carbocycles. The number of imide groups is 1. The number of aromatic nitrogens is 1. The van der Waals surface area contributed by atoms with Crippen LogP contribution in [-0.2, 0) is 16.8 Å². The summed E-state index contributed by atoms with van der Waals surface area (Å²) in [4.78, 5) is 47.5. The molecule has 0 spiro atoms. The van der Waals surface area contributed by atoms with Gasteiger partial charge in [0.25, 0.3) is 11.8 Å². The lowest BCUT2D eigenvalue weighted by atomic mass is 9.87. The molecule has 1 saturated heterocycles. The fraction of sp³-hybridized carbons (Fsp3) is 0.414. The Bertz CT molecular complexity index is 1350. The molecule has 2 aliphatic heterocycles. The van der Waals surface area contributed by atoms with Crippen molar-refractivity contribution in [3.63, 3.8) is 0 Å². The number of anilines is 1. The number of nitrogens with zero attached hydrogens (tertiary/aromatic N) is 2. The van der Waals surface area contributed by atoms with Gasteiger partial charge in [0, 0.05) is 23.5 Å². The van der Waals surface area contributed by atoms with Crippen molar-refractivity contribution in [1.82, 2.24) is 15.2 Å². The molecule has 4 amide bonds. The van der Waals surface area contributed by atoms with Crippen molar-refractivity contribution in [3.8, 4) is 0 Å². The van der Waals surface area contributed by atoms with Gasteiger partial charge in [-0.05, 0) is 49.9 Å². The van der Waals surface area contributed by atoms with Gasteiger partial charge in [-0.3, -0.25) is 9.59 Å². The fourth-order valence-corrected chi connectivity index (χ4v) is 6.33. The maximum atomic E-state index is 14.1. The highest BCUT2D eigenvalue weighted by Crippen LogP contribution is 2.45. The number of hydrogen-bond acceptors (Lipinski definition) is 3. The maximum absolute atomic E-state index is 14.1. The van der Waals surface area contributed by atoms with Crippen molar-refractivity contribution in [2.45, 2.75) is 69.9 Å². The molecule has 186 valence electrons. The van der Waals surface area contributed by atoms with E-state index < -0.39 is 5.54 Å². The molecule has 3 aliphatic rings. The molecule has 0 bridgehead atoms. The van der Waals surface area contributed by atoms with E-state index in [-0.39, 0.29) is 23.9 Å². The van der Waals surface area contributed by atoms with Crippen LogP contribution in [0.1, 0.15) is 73.5 Å². The molecule has 6 rings (SSSR count). The van der Waals surface area contributed by atoms with Gasteiger partial charge in [-0.1, -0.05) is 62.4 Å². The number of urea groups is 1. The molecular formula is C29H32N4O3. The third-order valence-electron chi connectivity index (χ3n) is 8.30. The average Bonchev–Trinajstić information content (AvgIpc) is 3.34. The monoisotopic (exact) mass is 484 g/mol. The quantitative estimate of drug-likeness (QED) is 0.498. The van der Waals surface area contributed by atoms with E-state index in [0.29, 0.717) is 24.2 Å². The van der Waals surface area contributed by atoms with Crippen LogP contribution in [0.4, 0.5) is 10.5 Å². The van der Waals surface area contributed by atoms with Crippen LogP contribution < -0.4 is 10.2 Å². The first kappa shape index (κ1) is 22.8. The molecule has 1 saturated carbocycles. The van der Waals surface area contributed by atoms with E-state index in [2.05, 4.69) is 16.4 Å². The highest BCUT2D eigenvalue weighted by molar-refractivity contribution is 6.25. The van der Waals surface area contributed by atoms with Crippen LogP contribution in [0.5, 0.6) is 0 Å². The molecule has 7 nitrogen and oxygen atoms in total. The van der Waals surface area contributed by atoms with E-state index in [1.54, 1.807) is 29.2 Å². The number of hydrogen-bond donors (Lipinski definition) is 2. The summed E-state index contributed by atoms with van der Waals surface area (Å²) in [7, 11) is 0. The lowest BCUT2D eigenvalue weighted by molar-refractivity contribution is -0.125. The van der Waals surface area contributed by atoms with Gasteiger partial charge in [-0.2, -0.15) is 0 Å². The Morgan fingerprint density at radius 3 is 2.47 bits per heavy atom. The van der Waals surface area contributed by atoms with Gasteiger partial charge >= 0.3 is 6.03 Å². The summed E-state index contributed by atoms with van der Waals surface area (Å²) in [6.07, 6.45) is 8.47. The van der Waals surface area contributed by atoms with Crippen molar-refractivity contribution >= 4 is 34.4 Å². The highest BCUT2D eigenvalue weighted by atomic mass is 16.2. The number of benzene rings is 2. The molecule has 0 radical (unpaired) electrons. The van der Waals surface area contributed by atoms with Crippen molar-refractivity contribution in [3.05, 3.63) is 65.4 Å². The number of aromatic amines is 1. The van der Waals surface area contributed by atoms with E-state index in [1.807, 2.05) is 25.1 Å². The van der Waals surface area contributed by atoms with E-state index in [0.717, 1.165) is 47.8 Å². The topological polar surface area (TPSA) is 85.5 Å². The molecule has 0 unspecified atom stereocenters. The summed E-state index contributed by atoms with van der Waals surface area (Å²) in [6.45, 7) is 2.26. The average molecular weight is 485 g/mol. The largest absolute Gasteiger partial charge is 0.356 e. The Kier molecular flexibility index (Phi) is 5.58. The van der Waals surface area contributed by atoms with Gasteiger partial charge in [0.05, 0.1) is 16.9 Å². The Balaban J connectivity index is 1.35. The lowest BCUT2D eigenvalue weighted by Crippen LogP contribution is -2.49. The molecular weight excluding hydrogens is 452 g/mol. The normalized spacial score (nSPS) is 22.8. The molecule has 1 aromatic heterocycles. The van der Waals surface area contributed by atoms with E-state index >= 15 is 0 Å². The van der Waals surface area contributed by atoms with Gasteiger partial charge in [-0.15, -0.1) is 0 Å². The molecule has 7 heteroatoms. The number of nitrogens with one attached hydrogen (secondary N) is 2. The van der Waals surface area contributed by atoms with Gasteiger partial charge in [0.2, 0.25) is 0 Å². The van der Waals surface area contributed by atoms with Crippen molar-refractivity contribution < 1.29 is 14.4 Å². The summed E-state index contributed by atoms with van der Waals surface area (Å²) >= 11 is 0. The number of para-hydroxylation sites is 2. The second-order valence-electron chi connectivity index (χ2n) is 10.5. The molecule has 2 aromatic carbocycles. The minimum atomic E-state index is -1.15. The molecule has 36 heavy (non-hydrogen) atoms. The van der Waals surface area contributed by atoms with Crippen LogP contribution in [0.2, 0.25) is 0 Å². The zero-order valence-electron chi connectivity index (χ0n) is 20.7. The predicted molar refractivity (Wildman–Crippen MR) is 139 cm³/mol. The first-order chi connectivity index (χ1) is 17.5. The molecule has 1 atom stereocenters. The summed E-state index contributed by atoms with van der Waals surface area (Å²) in [5, 5.41) is 4.28. The van der Waals surface area contributed by atoms with Crippen LogP contribution in [0.15, 0.2) is 48.5 Å². The molecule has 2 fully saturated rings. The smallest absolute Gasteiger partial charge is 0.332 e. The summed E-state index contributed by atoms with van der Waals surface area (Å²) < 4.78 is 0. The minimum absolute atomic E-state index is 0.119. The number of H-pyrrole nitrogens is 1. The van der Waals surface area contributed by atoms with Crippen molar-refractivity contribution in [2.24, 2.45) is 0 Å². The van der Waals surface area contributed by atoms with E-state index in [1.165, 1.54) is 24.2 Å². The molecule has 3 aromatic rings. The lowest BCUT2D eigenvalue weighted by Gasteiger charge is -2.35. The van der Waals surface area contributed by atoms with Crippen molar-refractivity contribution in [1.29, 1.82) is 0 Å². The highest BCUT2D eigenvalue weighted by Gasteiger charge is 2.59. The summed E-state index contributed by atoms with van der Waals surface area (Å²) in [5.41, 5.74) is 2.39. The summed E-state index contributed by atoms with van der Waals surface area (Å²) in [6, 6.07) is 14.7. The molecule has 3 heterocycles. The van der Waals surface area contributed by atoms with Crippen molar-refractivity contribution in [2.75, 3.05) is 11.4 Å². The van der Waals surface area contributed by atoms with E-state index in [9.17, 15) is 14.4 Å². The number of rotatable bonds is 3. The van der Waals surface area contributed by atoms with Gasteiger partial charge in [0.15, 0.2) is 5.54 Å². The second kappa shape index (κ2) is 8.80. The van der Waals surface area contributed by atoms with Crippen LogP contribution in [0, 0.1) is 0 Å². The zero-order valence-corrected chi connectivity index (χ0v) is 20.7. The van der Waals surface area contributed by atoms with Crippen LogP contribution in [-0.4, -0.2) is 40.3 Å². The van der Waals surface area contributed by atoms with E-state index in [4.69, 9.17) is 0 Å². The first-order valence-corrected chi connectivity index (χ1v) is 13.2. The summed E-state index contributed by atoms with van der Waals surface area (Å²) in [5.74, 6) is -0.552. The third kappa shape index (κ3) is 3.44. The standard InChI is InChI=1S/C29H32N4O3/c1-29-25-21(20-13-7-9-15-23(20)31-25)17-18-32(29)28(36)33(27(29)35)24-16-10-8-14-22(24)26(34)30-19-11-5-3-2-4-6-12-19/h7-10,13-16,19,31H,2-6,11-12,17-18H2,1H3,(H,30,34)/t29-/m0/s1. The SMILES string of the molecule is C[C@]12C(=O)N(c3ccccc3C(=O)NC3CCCCCCC3)C(=O)N1CCc1c2[nH]c2ccccc12. The zero-order chi connectivity index (χ0) is 24.9. The van der Waals surface area contributed by atoms with Crippen LogP contribution in [0.3, 0.4) is 0 Å². The van der Waals surface area contributed by atoms with Gasteiger partial charge in [-0.25, -0.2) is 9.69 Å². The Hall–Kier alpha value is -3.61. The fourth-order valence-electron chi connectivity index (χ4n) is 6.33. The molecule has 2 N–H and O–H groups in total. The number of fused-ring (bicyclic) bond motifs is 5.